The minimum Gasteiger partial charge on any atom is -0.476 e. The van der Waals surface area contributed by atoms with Crippen LogP contribution in [0, 0.1) is 0 Å². The molecule has 0 saturated carbocycles. The zero-order chi connectivity index (χ0) is 9.35. The van der Waals surface area contributed by atoms with Gasteiger partial charge in [0.1, 0.15) is 0 Å². The Hall–Kier alpha value is -0.660. The van der Waals surface area contributed by atoms with Crippen molar-refractivity contribution in [1.29, 1.82) is 0 Å². The molecule has 0 fully saturated rings. The van der Waals surface area contributed by atoms with Gasteiger partial charge in [-0.3, -0.25) is 0 Å². The molecule has 12 heavy (non-hydrogen) atoms. The first-order valence-electron chi connectivity index (χ1n) is 2.54. The highest BCUT2D eigenvalue weighted by atomic mass is 35.7. The number of carbonyl (C=O) groups is 1. The van der Waals surface area contributed by atoms with Crippen LogP contribution in [0.3, 0.4) is 0 Å². The molecule has 0 spiro atoms. The molecule has 8 heteroatoms. The highest BCUT2D eigenvalue weighted by Gasteiger charge is 2.23. The SMILES string of the molecule is O=C(O)c1ncsc1S(=O)(=O)Cl. The van der Waals surface area contributed by atoms with E-state index in [4.69, 9.17) is 15.8 Å². The molecule has 0 aliphatic carbocycles. The van der Waals surface area contributed by atoms with Crippen LogP contribution in [0.1, 0.15) is 10.5 Å². The number of nitrogens with zero attached hydrogens (tertiary/aromatic N) is 1. The van der Waals surface area contributed by atoms with Gasteiger partial charge < -0.3 is 5.11 Å². The number of carboxylic acid groups (broad SMARTS) is 1. The van der Waals surface area contributed by atoms with Crippen molar-refractivity contribution in [3.05, 3.63) is 11.2 Å². The summed E-state index contributed by atoms with van der Waals surface area (Å²) < 4.78 is 20.9. The summed E-state index contributed by atoms with van der Waals surface area (Å²) in [6.45, 7) is 0. The van der Waals surface area contributed by atoms with Gasteiger partial charge in [-0.1, -0.05) is 0 Å². The lowest BCUT2D eigenvalue weighted by Gasteiger charge is -1.90. The molecule has 66 valence electrons. The molecule has 1 heterocycles. The molecular weight excluding hydrogens is 226 g/mol. The third kappa shape index (κ3) is 1.74. The number of halogens is 1. The summed E-state index contributed by atoms with van der Waals surface area (Å²) in [5.74, 6) is -1.41. The minimum absolute atomic E-state index is 0.434. The Morgan fingerprint density at radius 2 is 2.25 bits per heavy atom. The molecule has 5 nitrogen and oxygen atoms in total. The molecule has 1 rings (SSSR count). The fourth-order valence-corrected chi connectivity index (χ4v) is 2.56. The molecule has 0 aromatic carbocycles. The van der Waals surface area contributed by atoms with Gasteiger partial charge in [-0.05, 0) is 0 Å². The summed E-state index contributed by atoms with van der Waals surface area (Å²) in [5, 5.41) is 8.44. The molecule has 0 aliphatic rings. The predicted octanol–water partition coefficient (Wildman–Crippen LogP) is 0.769. The van der Waals surface area contributed by atoms with Crippen LogP contribution < -0.4 is 0 Å². The number of hydrogen-bond donors (Lipinski definition) is 1. The van der Waals surface area contributed by atoms with E-state index >= 15 is 0 Å². The Morgan fingerprint density at radius 1 is 1.67 bits per heavy atom. The van der Waals surface area contributed by atoms with Crippen LogP contribution in [0.2, 0.25) is 0 Å². The van der Waals surface area contributed by atoms with Crippen molar-refractivity contribution in [3.8, 4) is 0 Å². The van der Waals surface area contributed by atoms with Crippen molar-refractivity contribution in [2.75, 3.05) is 0 Å². The maximum atomic E-state index is 10.7. The standard InChI is InChI=1S/C4H2ClNO4S2/c5-12(9,10)4-2(3(7)8)6-1-11-4/h1H,(H,7,8). The van der Waals surface area contributed by atoms with Gasteiger partial charge in [0.15, 0.2) is 9.90 Å². The number of carboxylic acids is 1. The Morgan fingerprint density at radius 3 is 2.58 bits per heavy atom. The minimum atomic E-state index is -3.99. The van der Waals surface area contributed by atoms with E-state index in [0.717, 1.165) is 5.51 Å². The molecule has 0 unspecified atom stereocenters. The Bertz CT molecular complexity index is 408. The van der Waals surface area contributed by atoms with Gasteiger partial charge >= 0.3 is 5.97 Å². The summed E-state index contributed by atoms with van der Waals surface area (Å²) in [5.41, 5.74) is 0.577. The average Bonchev–Trinajstić information content (AvgIpc) is 2.30. The maximum absolute atomic E-state index is 10.7. The Labute approximate surface area is 76.0 Å². The van der Waals surface area contributed by atoms with E-state index in [2.05, 4.69) is 4.98 Å². The maximum Gasteiger partial charge on any atom is 0.356 e. The van der Waals surface area contributed by atoms with E-state index < -0.39 is 24.9 Å². The largest absolute Gasteiger partial charge is 0.476 e. The van der Waals surface area contributed by atoms with Gasteiger partial charge in [0.25, 0.3) is 9.05 Å². The van der Waals surface area contributed by atoms with Crippen molar-refractivity contribution in [3.63, 3.8) is 0 Å². The first-order valence-corrected chi connectivity index (χ1v) is 5.73. The molecule has 0 amide bonds. The van der Waals surface area contributed by atoms with Crippen LogP contribution >= 0.6 is 22.0 Å². The summed E-state index contributed by atoms with van der Waals surface area (Å²) in [7, 11) is 0.941. The second-order valence-corrected chi connectivity index (χ2v) is 5.35. The molecular formula is C4H2ClNO4S2. The van der Waals surface area contributed by atoms with E-state index in [0.29, 0.717) is 11.3 Å². The normalized spacial score (nSPS) is 11.4. The summed E-state index contributed by atoms with van der Waals surface area (Å²) in [6.07, 6.45) is 0. The van der Waals surface area contributed by atoms with E-state index in [1.807, 2.05) is 0 Å². The Balaban J connectivity index is 3.36. The topological polar surface area (TPSA) is 84.3 Å². The van der Waals surface area contributed by atoms with Crippen LogP contribution in [0.4, 0.5) is 0 Å². The zero-order valence-corrected chi connectivity index (χ0v) is 7.78. The quantitative estimate of drug-likeness (QED) is 0.755. The second-order valence-electron chi connectivity index (χ2n) is 1.73. The summed E-state index contributed by atoms with van der Waals surface area (Å²) in [4.78, 5) is 13.7. The van der Waals surface area contributed by atoms with Crippen LogP contribution in [0.5, 0.6) is 0 Å². The predicted molar refractivity (Wildman–Crippen MR) is 42.1 cm³/mol. The molecule has 0 aliphatic heterocycles. The van der Waals surface area contributed by atoms with E-state index in [-0.39, 0.29) is 0 Å². The lowest BCUT2D eigenvalue weighted by Crippen LogP contribution is -2.02. The molecule has 1 N–H and O–H groups in total. The van der Waals surface area contributed by atoms with Crippen molar-refractivity contribution in [1.82, 2.24) is 4.98 Å². The smallest absolute Gasteiger partial charge is 0.356 e. The number of aromatic nitrogens is 1. The van der Waals surface area contributed by atoms with Gasteiger partial charge in [-0.15, -0.1) is 11.3 Å². The number of rotatable bonds is 2. The van der Waals surface area contributed by atoms with Crippen molar-refractivity contribution in [2.45, 2.75) is 4.21 Å². The van der Waals surface area contributed by atoms with Gasteiger partial charge in [0.2, 0.25) is 0 Å². The fraction of sp³-hybridized carbons (Fsp3) is 0. The van der Waals surface area contributed by atoms with Crippen LogP contribution in [-0.2, 0) is 9.05 Å². The average molecular weight is 228 g/mol. The van der Waals surface area contributed by atoms with Crippen LogP contribution in [-0.4, -0.2) is 24.5 Å². The van der Waals surface area contributed by atoms with Crippen LogP contribution in [0.15, 0.2) is 9.72 Å². The molecule has 0 radical (unpaired) electrons. The molecule has 0 saturated heterocycles. The summed E-state index contributed by atoms with van der Waals surface area (Å²) in [6, 6.07) is 0. The molecule has 0 atom stereocenters. The molecule has 1 aromatic heterocycles. The van der Waals surface area contributed by atoms with E-state index in [9.17, 15) is 13.2 Å². The van der Waals surface area contributed by atoms with Gasteiger partial charge in [0.05, 0.1) is 5.51 Å². The molecule has 0 bridgehead atoms. The number of aromatic carboxylic acids is 1. The first kappa shape index (κ1) is 9.43. The third-order valence-electron chi connectivity index (χ3n) is 0.959. The van der Waals surface area contributed by atoms with E-state index in [1.165, 1.54) is 0 Å². The van der Waals surface area contributed by atoms with Crippen LogP contribution in [0.25, 0.3) is 0 Å². The fourth-order valence-electron chi connectivity index (χ4n) is 0.551. The van der Waals surface area contributed by atoms with Crippen molar-refractivity contribution < 1.29 is 18.3 Å². The second kappa shape index (κ2) is 3.00. The van der Waals surface area contributed by atoms with Gasteiger partial charge in [-0.25, -0.2) is 18.2 Å². The third-order valence-corrected chi connectivity index (χ3v) is 3.90. The monoisotopic (exact) mass is 227 g/mol. The highest BCUT2D eigenvalue weighted by Crippen LogP contribution is 2.23. The van der Waals surface area contributed by atoms with Crippen molar-refractivity contribution >= 4 is 37.0 Å². The first-order chi connectivity index (χ1) is 5.43. The highest BCUT2D eigenvalue weighted by molar-refractivity contribution is 8.15. The van der Waals surface area contributed by atoms with E-state index in [1.54, 1.807) is 0 Å². The lowest BCUT2D eigenvalue weighted by atomic mass is 10.5. The number of hydrogen-bond acceptors (Lipinski definition) is 5. The zero-order valence-electron chi connectivity index (χ0n) is 5.39. The van der Waals surface area contributed by atoms with Gasteiger partial charge in [0, 0.05) is 10.7 Å². The molecule has 1 aromatic rings. The number of thiazole rings is 1. The Kier molecular flexibility index (Phi) is 2.36. The summed E-state index contributed by atoms with van der Waals surface area (Å²) >= 11 is 0.673. The van der Waals surface area contributed by atoms with Gasteiger partial charge in [-0.2, -0.15) is 0 Å². The lowest BCUT2D eigenvalue weighted by molar-refractivity contribution is 0.0687. The van der Waals surface area contributed by atoms with Crippen molar-refractivity contribution in [2.24, 2.45) is 0 Å².